The van der Waals surface area contributed by atoms with Crippen molar-refractivity contribution < 1.29 is 60.7 Å². The molecule has 6 heterocycles. The molecule has 0 saturated carbocycles. The number of esters is 1. The molecule has 4 aromatic carbocycles. The summed E-state index contributed by atoms with van der Waals surface area (Å²) in [6.07, 6.45) is -0.385. The molecule has 4 aliphatic heterocycles. The monoisotopic (exact) mass is 978 g/mol. The van der Waals surface area contributed by atoms with Crippen molar-refractivity contribution in [3.8, 4) is 5.75 Å². The number of ether oxygens (including phenoxy) is 2. The Morgan fingerprint density at radius 1 is 0.727 bits per heavy atom. The van der Waals surface area contributed by atoms with Crippen LogP contribution in [0.1, 0.15) is 86.1 Å². The number of aromatic nitrogens is 2. The Balaban J connectivity index is 1.08. The van der Waals surface area contributed by atoms with E-state index in [0.29, 0.717) is 40.8 Å². The molecule has 4 aliphatic rings. The summed E-state index contributed by atoms with van der Waals surface area (Å²) < 4.78 is 110. The third kappa shape index (κ3) is 6.43. The van der Waals surface area contributed by atoms with Gasteiger partial charge in [-0.2, -0.15) is 0 Å². The fourth-order valence-electron chi connectivity index (χ4n) is 9.20. The SMILES string of the molecule is CC1O[As]2(c3cc4[nH]c(C(=O)Oc5c(F)c(F)c(F)c(F)c5F)cc4c4c3N(C(=O)c3cc5c6c(ccc5[nH]3)N(C(=O)OCc3ccccc3)CC6)CC4)(OC1(C)C)OC(C)(C)C(C)(C)O2. The zero-order valence-corrected chi connectivity index (χ0v) is 38.7. The number of carbonyl (C=O) groups excluding carboxylic acids is 3. The van der Waals surface area contributed by atoms with E-state index in [1.807, 2.05) is 84.9 Å². The van der Waals surface area contributed by atoms with E-state index >= 15 is 4.79 Å². The van der Waals surface area contributed by atoms with Crippen molar-refractivity contribution in [2.24, 2.45) is 0 Å². The van der Waals surface area contributed by atoms with E-state index in [0.717, 1.165) is 16.5 Å². The number of halogens is 5. The number of anilines is 2. The van der Waals surface area contributed by atoms with Crippen molar-refractivity contribution >= 4 is 69.3 Å². The van der Waals surface area contributed by atoms with Gasteiger partial charge in [-0.15, -0.1) is 0 Å². The molecule has 346 valence electrons. The van der Waals surface area contributed by atoms with Crippen LogP contribution in [0, 0.1) is 29.1 Å². The van der Waals surface area contributed by atoms with Gasteiger partial charge in [0.25, 0.3) is 0 Å². The van der Waals surface area contributed by atoms with Gasteiger partial charge in [0.15, 0.2) is 0 Å². The number of nitrogens with zero attached hydrogens (tertiary/aromatic N) is 2. The van der Waals surface area contributed by atoms with Crippen molar-refractivity contribution in [3.05, 3.63) is 118 Å². The number of aromatic amines is 2. The van der Waals surface area contributed by atoms with E-state index in [1.165, 1.54) is 6.07 Å². The molecule has 0 aliphatic carbocycles. The molecule has 0 bridgehead atoms. The van der Waals surface area contributed by atoms with Gasteiger partial charge in [0.2, 0.25) is 0 Å². The normalized spacial score (nSPS) is 21.3. The summed E-state index contributed by atoms with van der Waals surface area (Å²) in [5.41, 5.74) is 0.863. The predicted molar refractivity (Wildman–Crippen MR) is 232 cm³/mol. The van der Waals surface area contributed by atoms with Gasteiger partial charge < -0.3 is 0 Å². The Morgan fingerprint density at radius 3 is 1.97 bits per heavy atom. The first-order chi connectivity index (χ1) is 31.0. The summed E-state index contributed by atoms with van der Waals surface area (Å²) in [6, 6.07) is 17.6. The van der Waals surface area contributed by atoms with Gasteiger partial charge in [-0.25, -0.2) is 0 Å². The minimum atomic E-state index is -5.89. The van der Waals surface area contributed by atoms with Crippen LogP contribution >= 0.6 is 0 Å². The molecule has 66 heavy (non-hydrogen) atoms. The third-order valence-corrected chi connectivity index (χ3v) is 22.1. The van der Waals surface area contributed by atoms with E-state index in [-0.39, 0.29) is 35.1 Å². The van der Waals surface area contributed by atoms with Crippen LogP contribution in [0.5, 0.6) is 5.75 Å². The third-order valence-electron chi connectivity index (χ3n) is 13.4. The number of amides is 2. The van der Waals surface area contributed by atoms with Gasteiger partial charge in [-0.3, -0.25) is 0 Å². The molecular formula is C47H44AsF5N4O9. The van der Waals surface area contributed by atoms with Gasteiger partial charge in [-0.1, -0.05) is 30.3 Å². The second kappa shape index (κ2) is 14.6. The number of H-pyrrole nitrogens is 2. The van der Waals surface area contributed by atoms with E-state index in [9.17, 15) is 31.5 Å². The van der Waals surface area contributed by atoms with Gasteiger partial charge >= 0.3 is 335 Å². The quantitative estimate of drug-likeness (QED) is 0.0418. The Hall–Kier alpha value is -5.78. The first-order valence-corrected chi connectivity index (χ1v) is 25.3. The molecule has 1 spiro atoms. The fourth-order valence-corrected chi connectivity index (χ4v) is 20.5. The van der Waals surface area contributed by atoms with Gasteiger partial charge in [0.1, 0.15) is 6.61 Å². The first-order valence-electron chi connectivity index (χ1n) is 21.3. The van der Waals surface area contributed by atoms with Crippen LogP contribution in [0.25, 0.3) is 21.8 Å². The molecule has 1 unspecified atom stereocenters. The topological polar surface area (TPSA) is 145 Å². The zero-order valence-electron chi connectivity index (χ0n) is 36.8. The molecule has 19 heteroatoms. The zero-order chi connectivity index (χ0) is 47.1. The summed E-state index contributed by atoms with van der Waals surface area (Å²) in [6.45, 7) is 13.4. The van der Waals surface area contributed by atoms with E-state index in [2.05, 4.69) is 9.97 Å². The molecule has 13 nitrogen and oxygen atoms in total. The standard InChI is InChI=1S/C47H44AsF5N4O9/c1-23-45(2,3)64-48(63-23,65-46(4,5)47(6,7)66-48)29-21-31-28(20-33(55-31)43(59)62-41-38(52)36(50)35(49)37(51)39(41)53)26-16-18-57(40(26)29)42(58)32-19-27-25-15-17-56(34(25)14-13-30(27)54-32)44(60)61-22-24-11-9-8-10-12-24/h8-14,19-21,23,54-55H,15-18,22H2,1-7H3. The summed E-state index contributed by atoms with van der Waals surface area (Å²) in [7, 11) is 0. The number of hydrogen-bond acceptors (Lipinski definition) is 9. The van der Waals surface area contributed by atoms with Crippen molar-refractivity contribution in [1.82, 2.24) is 9.97 Å². The van der Waals surface area contributed by atoms with Crippen LogP contribution in [-0.4, -0.2) is 77.7 Å². The number of benzene rings is 4. The molecule has 2 amide bonds. The number of hydrogen-bond donors (Lipinski definition) is 2. The van der Waals surface area contributed by atoms with Gasteiger partial charge in [0.05, 0.1) is 0 Å². The van der Waals surface area contributed by atoms with Gasteiger partial charge in [-0.05, 0) is 5.56 Å². The fraction of sp³-hybridized carbons (Fsp3) is 0.340. The van der Waals surface area contributed by atoms with Crippen LogP contribution in [0.2, 0.25) is 0 Å². The summed E-state index contributed by atoms with van der Waals surface area (Å²) in [5.74, 6) is -15.3. The molecule has 10 rings (SSSR count). The molecule has 0 radical (unpaired) electrons. The van der Waals surface area contributed by atoms with Crippen LogP contribution < -0.4 is 18.9 Å². The van der Waals surface area contributed by atoms with Crippen molar-refractivity contribution in [3.63, 3.8) is 0 Å². The van der Waals surface area contributed by atoms with Crippen LogP contribution in [0.15, 0.2) is 60.7 Å². The number of fused-ring (bicyclic) bond motifs is 6. The molecule has 2 saturated heterocycles. The predicted octanol–water partition coefficient (Wildman–Crippen LogP) is 8.88. The Kier molecular flexibility index (Phi) is 9.76. The second-order valence-electron chi connectivity index (χ2n) is 18.5. The summed E-state index contributed by atoms with van der Waals surface area (Å²) >= 11 is -5.89. The number of nitrogens with one attached hydrogen (secondary N) is 2. The Bertz CT molecular complexity index is 3050. The van der Waals surface area contributed by atoms with E-state index in [4.69, 9.17) is 24.4 Å². The number of carbonyl (C=O) groups is 3. The first kappa shape index (κ1) is 44.1. The summed E-state index contributed by atoms with van der Waals surface area (Å²) in [5, 5.41) is 1.11. The van der Waals surface area contributed by atoms with Crippen LogP contribution in [-0.2, 0) is 39.1 Å². The van der Waals surface area contributed by atoms with Crippen LogP contribution in [0.4, 0.5) is 38.1 Å². The molecular weight excluding hydrogens is 934 g/mol. The average molecular weight is 979 g/mol. The second-order valence-corrected chi connectivity index (χ2v) is 24.5. The Labute approximate surface area is 376 Å². The van der Waals surface area contributed by atoms with E-state index in [1.54, 1.807) is 28.0 Å². The van der Waals surface area contributed by atoms with Crippen molar-refractivity contribution in [1.29, 1.82) is 0 Å². The maximum atomic E-state index is 15.1. The minimum absolute atomic E-state index is 0.108. The van der Waals surface area contributed by atoms with Crippen molar-refractivity contribution in [2.75, 3.05) is 22.9 Å². The molecule has 2 fully saturated rings. The summed E-state index contributed by atoms with van der Waals surface area (Å²) in [4.78, 5) is 51.2. The molecule has 2 N–H and O–H groups in total. The van der Waals surface area contributed by atoms with Gasteiger partial charge in [0, 0.05) is 0 Å². The molecule has 2 aromatic heterocycles. The average Bonchev–Trinajstić information content (AvgIpc) is 4.11. The van der Waals surface area contributed by atoms with E-state index < -0.39 is 95.2 Å². The maximum absolute atomic E-state index is 15.1. The molecule has 1 atom stereocenters. The number of rotatable bonds is 6. The Morgan fingerprint density at radius 2 is 1.32 bits per heavy atom. The van der Waals surface area contributed by atoms with Crippen LogP contribution in [0.3, 0.4) is 0 Å². The molecule has 6 aromatic rings. The van der Waals surface area contributed by atoms with Crippen molar-refractivity contribution in [2.45, 2.75) is 90.8 Å².